The van der Waals surface area contributed by atoms with Gasteiger partial charge >= 0.3 is 6.03 Å². The highest BCUT2D eigenvalue weighted by Crippen LogP contribution is 2.24. The minimum atomic E-state index is -0.558. The Hall–Kier alpha value is -2.33. The quantitative estimate of drug-likeness (QED) is 0.884. The summed E-state index contributed by atoms with van der Waals surface area (Å²) in [7, 11) is 1.69. The van der Waals surface area contributed by atoms with E-state index in [9.17, 15) is 9.90 Å². The van der Waals surface area contributed by atoms with E-state index in [2.05, 4.69) is 17.4 Å². The van der Waals surface area contributed by atoms with E-state index in [-0.39, 0.29) is 12.1 Å². The van der Waals surface area contributed by atoms with Crippen molar-refractivity contribution in [3.8, 4) is 0 Å². The summed E-state index contributed by atoms with van der Waals surface area (Å²) in [6, 6.07) is 15.9. The van der Waals surface area contributed by atoms with Gasteiger partial charge in [-0.1, -0.05) is 59.7 Å². The Morgan fingerprint density at radius 3 is 2.00 bits per heavy atom. The molecule has 4 heteroatoms. The highest BCUT2D eigenvalue weighted by molar-refractivity contribution is 5.75. The lowest BCUT2D eigenvalue weighted by atomic mass is 9.96. The Morgan fingerprint density at radius 2 is 1.58 bits per heavy atom. The third kappa shape index (κ3) is 4.83. The number of carbonyl (C=O) groups is 1. The average molecular weight is 326 g/mol. The molecular weight excluding hydrogens is 300 g/mol. The van der Waals surface area contributed by atoms with Gasteiger partial charge in [0.2, 0.25) is 0 Å². The van der Waals surface area contributed by atoms with Crippen LogP contribution >= 0.6 is 0 Å². The zero-order chi connectivity index (χ0) is 17.7. The first-order valence-electron chi connectivity index (χ1n) is 8.19. The molecule has 0 saturated carbocycles. The first kappa shape index (κ1) is 18.0. The van der Waals surface area contributed by atoms with E-state index >= 15 is 0 Å². The van der Waals surface area contributed by atoms with E-state index in [1.165, 1.54) is 4.90 Å². The van der Waals surface area contributed by atoms with Crippen LogP contribution < -0.4 is 5.32 Å². The fourth-order valence-corrected chi connectivity index (χ4v) is 2.77. The van der Waals surface area contributed by atoms with Gasteiger partial charge in [0.25, 0.3) is 0 Å². The monoisotopic (exact) mass is 326 g/mol. The van der Waals surface area contributed by atoms with Crippen molar-refractivity contribution in [1.82, 2.24) is 10.2 Å². The van der Waals surface area contributed by atoms with Gasteiger partial charge in [0.15, 0.2) is 0 Å². The Bertz CT molecular complexity index is 652. The molecule has 0 aromatic heterocycles. The number of carbonyl (C=O) groups excluding carboxylic acids is 1. The predicted molar refractivity (Wildman–Crippen MR) is 97.0 cm³/mol. The maximum absolute atomic E-state index is 12.5. The normalized spacial score (nSPS) is 12.1. The Morgan fingerprint density at radius 1 is 1.08 bits per heavy atom. The van der Waals surface area contributed by atoms with Crippen molar-refractivity contribution < 1.29 is 9.90 Å². The van der Waals surface area contributed by atoms with E-state index < -0.39 is 6.10 Å². The summed E-state index contributed by atoms with van der Waals surface area (Å²) in [5.41, 5.74) is 4.38. The molecule has 2 N–H and O–H groups in total. The highest BCUT2D eigenvalue weighted by Gasteiger charge is 2.20. The van der Waals surface area contributed by atoms with Gasteiger partial charge in [-0.15, -0.1) is 0 Å². The van der Waals surface area contributed by atoms with Crippen LogP contribution in [0.4, 0.5) is 4.79 Å². The molecule has 1 atom stereocenters. The van der Waals surface area contributed by atoms with Gasteiger partial charge in [-0.25, -0.2) is 4.79 Å². The van der Waals surface area contributed by atoms with E-state index in [1.807, 2.05) is 50.2 Å². The minimum Gasteiger partial charge on any atom is -0.392 e. The first-order valence-corrected chi connectivity index (χ1v) is 8.19. The van der Waals surface area contributed by atoms with Crippen molar-refractivity contribution in [1.29, 1.82) is 0 Å². The van der Waals surface area contributed by atoms with E-state index in [0.29, 0.717) is 6.54 Å². The van der Waals surface area contributed by atoms with Crippen LogP contribution in [0, 0.1) is 13.8 Å². The smallest absolute Gasteiger partial charge is 0.317 e. The van der Waals surface area contributed by atoms with Crippen LogP contribution in [-0.2, 0) is 0 Å². The summed E-state index contributed by atoms with van der Waals surface area (Å²) in [4.78, 5) is 14.0. The molecule has 2 amide bonds. The molecule has 4 nitrogen and oxygen atoms in total. The van der Waals surface area contributed by atoms with Crippen LogP contribution in [0.15, 0.2) is 48.5 Å². The van der Waals surface area contributed by atoms with Gasteiger partial charge < -0.3 is 15.3 Å². The molecule has 0 heterocycles. The maximum atomic E-state index is 12.5. The fourth-order valence-electron chi connectivity index (χ4n) is 2.77. The third-order valence-electron chi connectivity index (χ3n) is 3.90. The SMILES string of the molecule is Cc1cccc(C(NC(=O)N(C)CC(C)O)c2cccc(C)c2)c1. The molecule has 0 fully saturated rings. The molecule has 0 aliphatic carbocycles. The van der Waals surface area contributed by atoms with Crippen LogP contribution in [0.3, 0.4) is 0 Å². The van der Waals surface area contributed by atoms with Gasteiger partial charge in [0.05, 0.1) is 12.1 Å². The molecular formula is C20H26N2O2. The topological polar surface area (TPSA) is 52.6 Å². The summed E-state index contributed by atoms with van der Waals surface area (Å²) in [6.45, 7) is 6.04. The predicted octanol–water partition coefficient (Wildman–Crippen LogP) is 3.42. The number of aryl methyl sites for hydroxylation is 2. The average Bonchev–Trinajstić information content (AvgIpc) is 2.51. The summed E-state index contributed by atoms with van der Waals surface area (Å²) >= 11 is 0. The second kappa shape index (κ2) is 7.97. The summed E-state index contributed by atoms with van der Waals surface area (Å²) < 4.78 is 0. The standard InChI is InChI=1S/C20H26N2O2/c1-14-7-5-9-17(11-14)19(18-10-6-8-15(2)12-18)21-20(24)22(4)13-16(3)23/h5-12,16,19,23H,13H2,1-4H3,(H,21,24). The zero-order valence-corrected chi connectivity index (χ0v) is 14.8. The van der Waals surface area contributed by atoms with Gasteiger partial charge in [-0.3, -0.25) is 0 Å². The lowest BCUT2D eigenvalue weighted by Crippen LogP contribution is -2.42. The lowest BCUT2D eigenvalue weighted by Gasteiger charge is -2.25. The number of nitrogens with one attached hydrogen (secondary N) is 1. The molecule has 0 saturated heterocycles. The number of amides is 2. The van der Waals surface area contributed by atoms with Gasteiger partial charge in [0, 0.05) is 13.6 Å². The summed E-state index contributed by atoms with van der Waals surface area (Å²) in [5, 5.41) is 12.6. The second-order valence-corrected chi connectivity index (χ2v) is 6.44. The molecule has 1 unspecified atom stereocenters. The molecule has 24 heavy (non-hydrogen) atoms. The Balaban J connectivity index is 2.31. The maximum Gasteiger partial charge on any atom is 0.317 e. The molecule has 2 rings (SSSR count). The minimum absolute atomic E-state index is 0.205. The molecule has 0 aliphatic rings. The van der Waals surface area contributed by atoms with Gasteiger partial charge in [0.1, 0.15) is 0 Å². The number of urea groups is 1. The molecule has 128 valence electrons. The number of aliphatic hydroxyl groups is 1. The summed E-state index contributed by atoms with van der Waals surface area (Å²) in [5.74, 6) is 0. The van der Waals surface area contributed by atoms with Crippen LogP contribution in [-0.4, -0.2) is 35.7 Å². The Kier molecular flexibility index (Phi) is 5.99. The molecule has 0 bridgehead atoms. The largest absolute Gasteiger partial charge is 0.392 e. The molecule has 2 aromatic carbocycles. The van der Waals surface area contributed by atoms with Gasteiger partial charge in [-0.2, -0.15) is 0 Å². The number of benzene rings is 2. The van der Waals surface area contributed by atoms with Crippen molar-refractivity contribution in [3.05, 3.63) is 70.8 Å². The lowest BCUT2D eigenvalue weighted by molar-refractivity contribution is 0.143. The van der Waals surface area contributed by atoms with Crippen molar-refractivity contribution in [3.63, 3.8) is 0 Å². The number of aliphatic hydroxyl groups excluding tert-OH is 1. The molecule has 0 aliphatic heterocycles. The van der Waals surface area contributed by atoms with Crippen LogP contribution in [0.25, 0.3) is 0 Å². The third-order valence-corrected chi connectivity index (χ3v) is 3.90. The van der Waals surface area contributed by atoms with E-state index in [4.69, 9.17) is 0 Å². The Labute approximate surface area is 144 Å². The summed E-state index contributed by atoms with van der Waals surface area (Å²) in [6.07, 6.45) is -0.558. The first-order chi connectivity index (χ1) is 11.4. The van der Waals surface area contributed by atoms with E-state index in [1.54, 1.807) is 14.0 Å². The van der Waals surface area contributed by atoms with Crippen LogP contribution in [0.1, 0.15) is 35.2 Å². The molecule has 2 aromatic rings. The highest BCUT2D eigenvalue weighted by atomic mass is 16.3. The van der Waals surface area contributed by atoms with Gasteiger partial charge in [-0.05, 0) is 31.9 Å². The number of nitrogens with zero attached hydrogens (tertiary/aromatic N) is 1. The van der Waals surface area contributed by atoms with Crippen molar-refractivity contribution >= 4 is 6.03 Å². The van der Waals surface area contributed by atoms with Crippen molar-refractivity contribution in [2.75, 3.05) is 13.6 Å². The number of rotatable bonds is 5. The van der Waals surface area contributed by atoms with Crippen LogP contribution in [0.5, 0.6) is 0 Å². The number of hydrogen-bond acceptors (Lipinski definition) is 2. The number of likely N-dealkylation sites (N-methyl/N-ethyl adjacent to an activating group) is 1. The van der Waals surface area contributed by atoms with Crippen molar-refractivity contribution in [2.45, 2.75) is 32.9 Å². The fraction of sp³-hybridized carbons (Fsp3) is 0.350. The molecule has 0 radical (unpaired) electrons. The number of hydrogen-bond donors (Lipinski definition) is 2. The van der Waals surface area contributed by atoms with Crippen molar-refractivity contribution in [2.24, 2.45) is 0 Å². The zero-order valence-electron chi connectivity index (χ0n) is 14.8. The van der Waals surface area contributed by atoms with E-state index in [0.717, 1.165) is 22.3 Å². The molecule has 0 spiro atoms. The van der Waals surface area contributed by atoms with Crippen LogP contribution in [0.2, 0.25) is 0 Å². The second-order valence-electron chi connectivity index (χ2n) is 6.44.